The molecule has 0 radical (unpaired) electrons. The first kappa shape index (κ1) is 12.8. The average molecular weight is 159 g/mol. The Morgan fingerprint density at radius 2 is 2.09 bits per heavy atom. The van der Waals surface area contributed by atoms with Gasteiger partial charge in [-0.1, -0.05) is 19.4 Å². The summed E-state index contributed by atoms with van der Waals surface area (Å²) in [7, 11) is 1.40. The predicted octanol–water partition coefficient (Wildman–Crippen LogP) is 2.07. The predicted molar refractivity (Wildman–Crippen MR) is 45.7 cm³/mol. The third kappa shape index (κ3) is 4.56. The summed E-state index contributed by atoms with van der Waals surface area (Å²) in [5, 5.41) is 0. The van der Waals surface area contributed by atoms with Gasteiger partial charge in [0.05, 0.1) is 7.11 Å². The van der Waals surface area contributed by atoms with Gasteiger partial charge in [-0.15, -0.1) is 0 Å². The van der Waals surface area contributed by atoms with Crippen LogP contribution in [0, 0.1) is 0 Å². The zero-order chi connectivity index (χ0) is 7.98. The highest BCUT2D eigenvalue weighted by molar-refractivity contribution is 5.88. The highest BCUT2D eigenvalue weighted by Crippen LogP contribution is 2.05. The number of ether oxygens (including phenoxy) is 1. The van der Waals surface area contributed by atoms with Gasteiger partial charge in [-0.3, -0.25) is 0 Å². The first-order valence-corrected chi connectivity index (χ1v) is 3.49. The molecule has 0 aliphatic heterocycles. The van der Waals surface area contributed by atoms with E-state index < -0.39 is 0 Å². The van der Waals surface area contributed by atoms with E-state index in [1.165, 1.54) is 7.11 Å². The van der Waals surface area contributed by atoms with Crippen molar-refractivity contribution >= 4 is 5.97 Å². The van der Waals surface area contributed by atoms with E-state index in [0.717, 1.165) is 18.4 Å². The summed E-state index contributed by atoms with van der Waals surface area (Å²) < 4.78 is 4.55. The fourth-order valence-electron chi connectivity index (χ4n) is 0.765. The second kappa shape index (κ2) is 7.28. The lowest BCUT2D eigenvalue weighted by Crippen LogP contribution is -2.03. The zero-order valence-electron chi connectivity index (χ0n) is 7.52. The maximum atomic E-state index is 10.8. The standard InChI is InChI=1S/C8H14O2.H3N/c1-4-6-7(5-2)8(9)10-3;/h5H,4,6H2,1-3H3;1H3. The maximum absolute atomic E-state index is 10.8. The Kier molecular flexibility index (Phi) is 8.48. The lowest BCUT2D eigenvalue weighted by molar-refractivity contribution is -0.136. The highest BCUT2D eigenvalue weighted by atomic mass is 16.5. The average Bonchev–Trinajstić information content (AvgIpc) is 1.99. The monoisotopic (exact) mass is 159 g/mol. The fourth-order valence-corrected chi connectivity index (χ4v) is 0.765. The molecule has 0 saturated heterocycles. The van der Waals surface area contributed by atoms with Crippen LogP contribution < -0.4 is 6.15 Å². The lowest BCUT2D eigenvalue weighted by atomic mass is 10.1. The van der Waals surface area contributed by atoms with E-state index in [-0.39, 0.29) is 12.1 Å². The molecule has 0 aliphatic rings. The number of hydrogen-bond acceptors (Lipinski definition) is 3. The molecule has 0 spiro atoms. The van der Waals surface area contributed by atoms with Crippen molar-refractivity contribution in [3.8, 4) is 0 Å². The van der Waals surface area contributed by atoms with E-state index in [9.17, 15) is 4.79 Å². The normalized spacial score (nSPS) is 10.3. The Bertz CT molecular complexity index is 141. The molecule has 0 amide bonds. The molecule has 0 fully saturated rings. The van der Waals surface area contributed by atoms with Gasteiger partial charge in [0, 0.05) is 5.57 Å². The lowest BCUT2D eigenvalue weighted by Gasteiger charge is -2.00. The Morgan fingerprint density at radius 3 is 2.36 bits per heavy atom. The van der Waals surface area contributed by atoms with Crippen molar-refractivity contribution in [1.29, 1.82) is 0 Å². The van der Waals surface area contributed by atoms with Crippen LogP contribution >= 0.6 is 0 Å². The Hall–Kier alpha value is -0.830. The van der Waals surface area contributed by atoms with Crippen LogP contribution in [0.1, 0.15) is 26.7 Å². The third-order valence-corrected chi connectivity index (χ3v) is 1.32. The van der Waals surface area contributed by atoms with Gasteiger partial charge in [0.15, 0.2) is 0 Å². The van der Waals surface area contributed by atoms with Crippen LogP contribution in [0.3, 0.4) is 0 Å². The number of rotatable bonds is 3. The van der Waals surface area contributed by atoms with Gasteiger partial charge in [-0.05, 0) is 13.3 Å². The molecule has 0 heterocycles. The van der Waals surface area contributed by atoms with Crippen LogP contribution in [0.5, 0.6) is 0 Å². The molecule has 0 unspecified atom stereocenters. The largest absolute Gasteiger partial charge is 0.466 e. The van der Waals surface area contributed by atoms with Crippen LogP contribution in [0.15, 0.2) is 11.6 Å². The summed E-state index contributed by atoms with van der Waals surface area (Å²) in [6, 6.07) is 0. The maximum Gasteiger partial charge on any atom is 0.333 e. The van der Waals surface area contributed by atoms with E-state index >= 15 is 0 Å². The first-order valence-electron chi connectivity index (χ1n) is 3.49. The molecule has 11 heavy (non-hydrogen) atoms. The summed E-state index contributed by atoms with van der Waals surface area (Å²) in [5.41, 5.74) is 0.769. The molecule has 0 aliphatic carbocycles. The van der Waals surface area contributed by atoms with Crippen LogP contribution in [0.2, 0.25) is 0 Å². The van der Waals surface area contributed by atoms with E-state index in [0.29, 0.717) is 0 Å². The molecule has 0 saturated carbocycles. The topological polar surface area (TPSA) is 61.3 Å². The van der Waals surface area contributed by atoms with Crippen molar-refractivity contribution in [2.24, 2.45) is 0 Å². The number of hydrogen-bond donors (Lipinski definition) is 1. The van der Waals surface area contributed by atoms with Gasteiger partial charge in [-0.2, -0.15) is 0 Å². The zero-order valence-corrected chi connectivity index (χ0v) is 7.52. The Labute approximate surface area is 68.0 Å². The van der Waals surface area contributed by atoms with Crippen LogP contribution in [0.4, 0.5) is 0 Å². The number of esters is 1. The summed E-state index contributed by atoms with van der Waals surface area (Å²) in [4.78, 5) is 10.8. The summed E-state index contributed by atoms with van der Waals surface area (Å²) in [5.74, 6) is -0.204. The van der Waals surface area contributed by atoms with Gasteiger partial charge >= 0.3 is 5.97 Å². The Morgan fingerprint density at radius 1 is 1.55 bits per heavy atom. The van der Waals surface area contributed by atoms with Gasteiger partial charge in [0.2, 0.25) is 0 Å². The molecule has 3 N–H and O–H groups in total. The molecule has 0 aromatic heterocycles. The third-order valence-electron chi connectivity index (χ3n) is 1.32. The highest BCUT2D eigenvalue weighted by Gasteiger charge is 2.05. The first-order chi connectivity index (χ1) is 4.76. The van der Waals surface area contributed by atoms with Gasteiger partial charge < -0.3 is 10.9 Å². The SMILES string of the molecule is CC=C(CCC)C(=O)OC.N. The molecule has 0 rings (SSSR count). The smallest absolute Gasteiger partial charge is 0.333 e. The van der Waals surface area contributed by atoms with Crippen LogP contribution in [-0.2, 0) is 9.53 Å². The van der Waals surface area contributed by atoms with Crippen LogP contribution in [-0.4, -0.2) is 13.1 Å². The molecular weight excluding hydrogens is 142 g/mol. The van der Waals surface area contributed by atoms with Gasteiger partial charge in [0.25, 0.3) is 0 Å². The van der Waals surface area contributed by atoms with Crippen molar-refractivity contribution in [2.45, 2.75) is 26.7 Å². The molecule has 3 nitrogen and oxygen atoms in total. The molecule has 0 bridgehead atoms. The molecule has 0 aromatic carbocycles. The summed E-state index contributed by atoms with van der Waals surface area (Å²) in [6.45, 7) is 3.88. The molecule has 0 aromatic rings. The van der Waals surface area contributed by atoms with Crippen molar-refractivity contribution in [1.82, 2.24) is 6.15 Å². The number of carbonyl (C=O) groups is 1. The van der Waals surface area contributed by atoms with E-state index in [1.807, 2.05) is 13.8 Å². The summed E-state index contributed by atoms with van der Waals surface area (Å²) in [6.07, 6.45) is 3.59. The second-order valence-electron chi connectivity index (χ2n) is 2.06. The number of carbonyl (C=O) groups excluding carboxylic acids is 1. The number of methoxy groups -OCH3 is 1. The molecule has 0 atom stereocenters. The van der Waals surface area contributed by atoms with Crippen molar-refractivity contribution < 1.29 is 9.53 Å². The molecular formula is C8H17NO2. The quantitative estimate of drug-likeness (QED) is 0.506. The fraction of sp³-hybridized carbons (Fsp3) is 0.625. The van der Waals surface area contributed by atoms with Gasteiger partial charge in [0.1, 0.15) is 0 Å². The minimum absolute atomic E-state index is 0. The Balaban J connectivity index is 0. The number of allylic oxidation sites excluding steroid dienone is 1. The minimum Gasteiger partial charge on any atom is -0.466 e. The molecule has 66 valence electrons. The van der Waals surface area contributed by atoms with Gasteiger partial charge in [-0.25, -0.2) is 4.79 Å². The van der Waals surface area contributed by atoms with Crippen molar-refractivity contribution in [2.75, 3.05) is 7.11 Å². The minimum atomic E-state index is -0.204. The van der Waals surface area contributed by atoms with Crippen LogP contribution in [0.25, 0.3) is 0 Å². The van der Waals surface area contributed by atoms with E-state index in [4.69, 9.17) is 0 Å². The second-order valence-corrected chi connectivity index (χ2v) is 2.06. The molecule has 3 heteroatoms. The van der Waals surface area contributed by atoms with E-state index in [2.05, 4.69) is 4.74 Å². The summed E-state index contributed by atoms with van der Waals surface area (Å²) >= 11 is 0. The van der Waals surface area contributed by atoms with Crippen molar-refractivity contribution in [3.63, 3.8) is 0 Å². The van der Waals surface area contributed by atoms with Crippen molar-refractivity contribution in [3.05, 3.63) is 11.6 Å². The van der Waals surface area contributed by atoms with E-state index in [1.54, 1.807) is 6.08 Å².